The van der Waals surface area contributed by atoms with Crippen molar-refractivity contribution in [3.05, 3.63) is 267 Å². The van der Waals surface area contributed by atoms with Crippen LogP contribution in [0.5, 0.6) is 0 Å². The van der Waals surface area contributed by atoms with Gasteiger partial charge in [-0.15, -0.1) is 0 Å². The molecule has 8 fully saturated rings. The van der Waals surface area contributed by atoms with E-state index in [2.05, 4.69) is 15.0 Å². The maximum absolute atomic E-state index is 15.5. The molecule has 0 bridgehead atoms. The van der Waals surface area contributed by atoms with Gasteiger partial charge in [-0.1, -0.05) is 84.9 Å². The van der Waals surface area contributed by atoms with Crippen LogP contribution in [0.4, 0.5) is 61.5 Å². The Bertz CT molecular complexity index is 5040. The number of halogens is 14. The lowest BCUT2D eigenvalue weighted by Crippen LogP contribution is -2.47. The topological polar surface area (TPSA) is 262 Å². The summed E-state index contributed by atoms with van der Waals surface area (Å²) in [5.41, 5.74) is -12.1. The highest BCUT2D eigenvalue weighted by Crippen LogP contribution is 2.51. The minimum Gasteiger partial charge on any atom is -0.395 e. The summed E-state index contributed by atoms with van der Waals surface area (Å²) >= 11 is 0. The lowest BCUT2D eigenvalue weighted by molar-refractivity contribution is -0.259. The number of alkyl halides is 13. The van der Waals surface area contributed by atoms with Gasteiger partial charge in [-0.2, -0.15) is 52.7 Å². The zero-order valence-electron chi connectivity index (χ0n) is 73.9. The highest BCUT2D eigenvalue weighted by molar-refractivity contribution is 5.97. The molecular weight excluding hydrogens is 1740 g/mol. The Morgan fingerprint density at radius 3 is 0.803 bits per heavy atom. The molecule has 3 heterocycles. The van der Waals surface area contributed by atoms with Crippen molar-refractivity contribution in [1.82, 2.24) is 34.6 Å². The van der Waals surface area contributed by atoms with Gasteiger partial charge < -0.3 is 55.3 Å². The summed E-state index contributed by atoms with van der Waals surface area (Å²) < 4.78 is 187. The molecule has 5 aromatic carbocycles. The maximum atomic E-state index is 15.5. The number of benzene rings is 5. The smallest absolute Gasteiger partial charge is 0.395 e. The van der Waals surface area contributed by atoms with Gasteiger partial charge in [0.1, 0.15) is 5.82 Å². The number of hydrogen-bond donors (Lipinski definition) is 7. The average molecular weight is 1860 g/mol. The molecule has 7 N–H and O–H groups in total. The highest BCUT2D eigenvalue weighted by Gasteiger charge is 2.57. The molecule has 0 saturated heterocycles. The number of rotatable bonds is 23. The predicted molar refractivity (Wildman–Crippen MR) is 462 cm³/mol. The molecule has 132 heavy (non-hydrogen) atoms. The lowest BCUT2D eigenvalue weighted by Gasteiger charge is -2.43. The van der Waals surface area contributed by atoms with Crippen LogP contribution in [0.3, 0.4) is 0 Å². The zero-order valence-corrected chi connectivity index (χ0v) is 73.9. The number of aromatic nitrogens is 3. The first-order chi connectivity index (χ1) is 62.2. The van der Waals surface area contributed by atoms with Crippen molar-refractivity contribution in [2.75, 3.05) is 19.8 Å². The number of carbonyl (C=O) groups excluding carboxylic acids is 4. The predicted octanol–water partition coefficient (Wildman–Crippen LogP) is 19.0. The molecule has 0 radical (unpaired) electrons. The third kappa shape index (κ3) is 21.4. The van der Waals surface area contributed by atoms with E-state index in [1.807, 2.05) is 39.0 Å². The van der Waals surface area contributed by atoms with E-state index in [-0.39, 0.29) is 155 Å². The summed E-state index contributed by atoms with van der Waals surface area (Å²) in [6, 6.07) is 39.6. The zero-order chi connectivity index (χ0) is 95.6. The SMILES string of the molecule is C[C@](O)(c1ccc(C(=O)N(C2CC2)C2CCC(CO)(c3ccccc3F)CC2)cc1)C(F)(F)F.C[C@](O)(c1ccc(C(=O)N(C2CC2)C2CCC(CO)(c3cccnc3)CC2)cc1)C(F)(F)F.C[C@](O)(c1ccc(C(=O)N(C2CC2)C2CCC(CO)(c3cccnc3)CC2)cc1)C(F)(F)F.C[C@](O)(c1ccc(C(=O)N(C2CC2)C2CCC(F)(c3ccccn3)CC2)cc1)C(F)(F)F. The summed E-state index contributed by atoms with van der Waals surface area (Å²) in [7, 11) is 0. The number of carbonyl (C=O) groups is 4. The van der Waals surface area contributed by atoms with E-state index in [0.717, 1.165) is 138 Å². The molecule has 8 aliphatic carbocycles. The van der Waals surface area contributed by atoms with Crippen LogP contribution in [0.25, 0.3) is 0 Å². The van der Waals surface area contributed by atoms with Crippen molar-refractivity contribution in [3.8, 4) is 0 Å². The quantitative estimate of drug-likeness (QED) is 0.0294. The molecule has 4 amide bonds. The molecular formula is C100H113F14N7O11. The van der Waals surface area contributed by atoms with E-state index in [0.29, 0.717) is 88.6 Å². The summed E-state index contributed by atoms with van der Waals surface area (Å²) in [6.45, 7) is 2.64. The first-order valence-electron chi connectivity index (χ1n) is 45.1. The molecule has 712 valence electrons. The molecule has 0 unspecified atom stereocenters. The fourth-order valence-electron chi connectivity index (χ4n) is 19.3. The van der Waals surface area contributed by atoms with E-state index in [9.17, 15) is 112 Å². The first-order valence-corrected chi connectivity index (χ1v) is 45.1. The van der Waals surface area contributed by atoms with E-state index in [4.69, 9.17) is 0 Å². The minimum atomic E-state index is -4.84. The Labute approximate surface area is 757 Å². The van der Waals surface area contributed by atoms with Crippen LogP contribution in [0.15, 0.2) is 195 Å². The molecule has 8 aliphatic rings. The Morgan fingerprint density at radius 2 is 0.576 bits per heavy atom. The number of pyridine rings is 3. The highest BCUT2D eigenvalue weighted by atomic mass is 19.4. The van der Waals surface area contributed by atoms with Crippen molar-refractivity contribution in [1.29, 1.82) is 0 Å². The molecule has 32 heteroatoms. The van der Waals surface area contributed by atoms with Gasteiger partial charge in [0.15, 0.2) is 28.1 Å². The van der Waals surface area contributed by atoms with Crippen LogP contribution < -0.4 is 0 Å². The van der Waals surface area contributed by atoms with Crippen LogP contribution in [0.1, 0.15) is 268 Å². The third-order valence-electron chi connectivity index (χ3n) is 28.8. The Hall–Kier alpha value is -9.83. The van der Waals surface area contributed by atoms with Crippen LogP contribution in [0, 0.1) is 5.82 Å². The van der Waals surface area contributed by atoms with Gasteiger partial charge in [-0.25, -0.2) is 8.78 Å². The first kappa shape index (κ1) is 99.6. The third-order valence-corrected chi connectivity index (χ3v) is 28.8. The lowest BCUT2D eigenvalue weighted by atomic mass is 9.68. The molecule has 8 saturated carbocycles. The number of hydrogen-bond acceptors (Lipinski definition) is 14. The standard InChI is InChI=1S/C26H29F4NO3.2C25H29F3N2O3.C24H26F4N2O2/c1-24(34,26(28,29)30)18-8-6-17(7-9-18)23(33)31(19-10-11-19)20-12-14-25(16-32,15-13-20)21-4-2-3-5-22(21)27;2*1-23(33,25(26,27)28)18-6-4-17(5-7-18)22(32)30(20-8-9-20)21-10-12-24(16-31,13-11-21)19-3-2-14-29-15-19;1-22(32,24(26,27)28)17-7-5-16(6-8-17)21(31)30(18-9-10-18)19-11-13-23(25,14-12-19)20-4-2-3-15-29-20/h2-9,19-20,32,34H,10-16H2,1H3;2*2-7,14-15,20-21,31,33H,8-13,16H2,1H3;2-8,15,18-19,32H,9-14H2,1H3/t20?,24-,25?;2*21?,23-,24?;19?,22-,23?/m0000/s1. The van der Waals surface area contributed by atoms with Crippen molar-refractivity contribution in [2.24, 2.45) is 0 Å². The van der Waals surface area contributed by atoms with Gasteiger partial charge in [0.25, 0.3) is 23.6 Å². The number of amides is 4. The van der Waals surface area contributed by atoms with E-state index in [1.54, 1.807) is 72.3 Å². The summed E-state index contributed by atoms with van der Waals surface area (Å²) in [5.74, 6) is -1.26. The van der Waals surface area contributed by atoms with Crippen molar-refractivity contribution in [2.45, 2.75) is 299 Å². The van der Waals surface area contributed by atoms with E-state index in [1.165, 1.54) is 78.9 Å². The van der Waals surface area contributed by atoms with Crippen LogP contribution >= 0.6 is 0 Å². The summed E-state index contributed by atoms with van der Waals surface area (Å²) in [6.07, 6.45) is 5.98. The molecule has 8 aromatic rings. The maximum Gasteiger partial charge on any atom is 0.421 e. The number of nitrogens with zero attached hydrogens (tertiary/aromatic N) is 7. The van der Waals surface area contributed by atoms with Gasteiger partial charge in [-0.3, -0.25) is 34.1 Å². The van der Waals surface area contributed by atoms with Crippen molar-refractivity contribution in [3.63, 3.8) is 0 Å². The summed E-state index contributed by atoms with van der Waals surface area (Å²) in [4.78, 5) is 73.3. The molecule has 3 aromatic heterocycles. The van der Waals surface area contributed by atoms with Gasteiger partial charge in [0.05, 0.1) is 25.5 Å². The fourth-order valence-corrected chi connectivity index (χ4v) is 19.3. The second-order valence-electron chi connectivity index (χ2n) is 37.7. The molecule has 0 spiro atoms. The van der Waals surface area contributed by atoms with Gasteiger partial charge in [-0.05, 0) is 300 Å². The van der Waals surface area contributed by atoms with Crippen LogP contribution in [0.2, 0.25) is 0 Å². The van der Waals surface area contributed by atoms with Gasteiger partial charge in [0.2, 0.25) is 0 Å². The summed E-state index contributed by atoms with van der Waals surface area (Å²) in [5, 5.41) is 70.0. The van der Waals surface area contributed by atoms with Crippen molar-refractivity contribution < 1.29 is 116 Å². The molecule has 0 aliphatic heterocycles. The Morgan fingerprint density at radius 1 is 0.326 bits per heavy atom. The molecule has 4 atom stereocenters. The second kappa shape index (κ2) is 39.2. The van der Waals surface area contributed by atoms with Crippen LogP contribution in [-0.2, 0) is 44.3 Å². The van der Waals surface area contributed by atoms with E-state index >= 15 is 4.39 Å². The monoisotopic (exact) mass is 1850 g/mol. The Balaban J connectivity index is 0.000000150. The Kier molecular flexibility index (Phi) is 29.6. The van der Waals surface area contributed by atoms with Crippen LogP contribution in [-0.4, -0.2) is 187 Å². The number of aliphatic hydroxyl groups excluding tert-OH is 3. The normalized spacial score (nSPS) is 25.3. The fraction of sp³-hybridized carbons (Fsp3) is 0.510. The molecule has 18 nitrogen and oxygen atoms in total. The van der Waals surface area contributed by atoms with Gasteiger partial charge >= 0.3 is 24.7 Å². The second-order valence-corrected chi connectivity index (χ2v) is 37.7. The average Bonchev–Trinajstić information content (AvgIpc) is 1.60. The minimum absolute atomic E-state index is 0.0132. The van der Waals surface area contributed by atoms with Gasteiger partial charge in [0, 0.05) is 118 Å². The number of aliphatic hydroxyl groups is 7. The largest absolute Gasteiger partial charge is 0.421 e. The van der Waals surface area contributed by atoms with Crippen molar-refractivity contribution >= 4 is 23.6 Å². The van der Waals surface area contributed by atoms with E-state index < -0.39 is 58.2 Å². The molecule has 16 rings (SSSR count).